The van der Waals surface area contributed by atoms with Gasteiger partial charge in [-0.3, -0.25) is 4.79 Å². The highest BCUT2D eigenvalue weighted by Gasteiger charge is 2.22. The minimum Gasteiger partial charge on any atom is -0.497 e. The SMILES string of the molecule is CCCCNc1ncc(C(=O)Nc2ccc(OC)cc2)c(NC2CCC(O)CC2)n1. The Hall–Kier alpha value is -2.87. The zero-order valence-corrected chi connectivity index (χ0v) is 17.6. The molecule has 30 heavy (non-hydrogen) atoms. The molecule has 1 fully saturated rings. The summed E-state index contributed by atoms with van der Waals surface area (Å²) in [5, 5.41) is 19.3. The van der Waals surface area contributed by atoms with Gasteiger partial charge in [-0.25, -0.2) is 4.98 Å². The van der Waals surface area contributed by atoms with Crippen LogP contribution in [0.3, 0.4) is 0 Å². The first-order valence-electron chi connectivity index (χ1n) is 10.6. The number of carbonyl (C=O) groups excluding carboxylic acids is 1. The molecule has 2 aromatic rings. The number of hydrogen-bond acceptors (Lipinski definition) is 7. The number of methoxy groups -OCH3 is 1. The average Bonchev–Trinajstić information content (AvgIpc) is 2.76. The van der Waals surface area contributed by atoms with Gasteiger partial charge in [0.1, 0.15) is 17.1 Å². The first-order valence-corrected chi connectivity index (χ1v) is 10.6. The van der Waals surface area contributed by atoms with Gasteiger partial charge in [-0.2, -0.15) is 4.98 Å². The van der Waals surface area contributed by atoms with Crippen molar-refractivity contribution >= 4 is 23.4 Å². The third-order valence-corrected chi connectivity index (χ3v) is 5.23. The van der Waals surface area contributed by atoms with Crippen molar-refractivity contribution in [1.82, 2.24) is 9.97 Å². The smallest absolute Gasteiger partial charge is 0.260 e. The van der Waals surface area contributed by atoms with E-state index in [-0.39, 0.29) is 18.1 Å². The topological polar surface area (TPSA) is 108 Å². The largest absolute Gasteiger partial charge is 0.497 e. The van der Waals surface area contributed by atoms with Crippen LogP contribution in [0, 0.1) is 0 Å². The summed E-state index contributed by atoms with van der Waals surface area (Å²) in [6.45, 7) is 2.91. The van der Waals surface area contributed by atoms with Crippen LogP contribution in [0.5, 0.6) is 5.75 Å². The van der Waals surface area contributed by atoms with Gasteiger partial charge in [-0.1, -0.05) is 13.3 Å². The van der Waals surface area contributed by atoms with Crippen molar-refractivity contribution < 1.29 is 14.6 Å². The number of amides is 1. The number of rotatable bonds is 9. The fourth-order valence-electron chi connectivity index (χ4n) is 3.41. The minimum atomic E-state index is -0.279. The van der Waals surface area contributed by atoms with Crippen molar-refractivity contribution in [3.63, 3.8) is 0 Å². The summed E-state index contributed by atoms with van der Waals surface area (Å²) < 4.78 is 5.16. The van der Waals surface area contributed by atoms with E-state index >= 15 is 0 Å². The van der Waals surface area contributed by atoms with Crippen molar-refractivity contribution in [2.24, 2.45) is 0 Å². The van der Waals surface area contributed by atoms with Crippen molar-refractivity contribution in [3.05, 3.63) is 36.0 Å². The highest BCUT2D eigenvalue weighted by molar-refractivity contribution is 6.07. The molecule has 1 saturated carbocycles. The summed E-state index contributed by atoms with van der Waals surface area (Å²) in [6, 6.07) is 7.32. The zero-order valence-electron chi connectivity index (χ0n) is 17.6. The van der Waals surface area contributed by atoms with E-state index in [1.807, 2.05) is 0 Å². The summed E-state index contributed by atoms with van der Waals surface area (Å²) in [5.74, 6) is 1.46. The van der Waals surface area contributed by atoms with Gasteiger partial charge in [0.05, 0.1) is 13.2 Å². The monoisotopic (exact) mass is 413 g/mol. The fraction of sp³-hybridized carbons (Fsp3) is 0.500. The summed E-state index contributed by atoms with van der Waals surface area (Å²) >= 11 is 0. The van der Waals surface area contributed by atoms with E-state index in [1.54, 1.807) is 37.6 Å². The molecular formula is C22H31N5O3. The maximum absolute atomic E-state index is 12.9. The number of hydrogen-bond donors (Lipinski definition) is 4. The molecule has 0 bridgehead atoms. The quantitative estimate of drug-likeness (QED) is 0.465. The van der Waals surface area contributed by atoms with Crippen LogP contribution in [0.4, 0.5) is 17.5 Å². The second-order valence-corrected chi connectivity index (χ2v) is 7.57. The lowest BCUT2D eigenvalue weighted by molar-refractivity contribution is 0.102. The van der Waals surface area contributed by atoms with E-state index in [9.17, 15) is 9.90 Å². The first-order chi connectivity index (χ1) is 14.6. The van der Waals surface area contributed by atoms with Gasteiger partial charge in [0.2, 0.25) is 5.95 Å². The second-order valence-electron chi connectivity index (χ2n) is 7.57. The van der Waals surface area contributed by atoms with Crippen LogP contribution in [0.1, 0.15) is 55.8 Å². The Labute approximate surface area is 177 Å². The van der Waals surface area contributed by atoms with Crippen LogP contribution < -0.4 is 20.7 Å². The molecule has 0 saturated heterocycles. The van der Waals surface area contributed by atoms with E-state index in [4.69, 9.17) is 4.74 Å². The molecule has 1 aromatic carbocycles. The predicted molar refractivity (Wildman–Crippen MR) is 118 cm³/mol. The maximum atomic E-state index is 12.9. The van der Waals surface area contributed by atoms with E-state index in [1.165, 1.54) is 0 Å². The number of benzene rings is 1. The Kier molecular flexibility index (Phi) is 7.84. The minimum absolute atomic E-state index is 0.166. The third kappa shape index (κ3) is 6.06. The number of carbonyl (C=O) groups is 1. The molecule has 1 aliphatic carbocycles. The average molecular weight is 414 g/mol. The number of aromatic nitrogens is 2. The molecule has 3 rings (SSSR count). The molecule has 0 atom stereocenters. The number of nitrogens with zero attached hydrogens (tertiary/aromatic N) is 2. The van der Waals surface area contributed by atoms with Gasteiger partial charge in [-0.05, 0) is 56.4 Å². The molecule has 0 unspecified atom stereocenters. The standard InChI is InChI=1S/C22H31N5O3/c1-3-4-13-23-22-24-14-19(20(27-22)25-15-5-9-17(28)10-6-15)21(29)26-16-7-11-18(30-2)12-8-16/h7-8,11-12,14-15,17,28H,3-6,9-10,13H2,1-2H3,(H,26,29)(H2,23,24,25,27). The summed E-state index contributed by atoms with van der Waals surface area (Å²) in [4.78, 5) is 21.8. The van der Waals surface area contributed by atoms with Crippen molar-refractivity contribution in [2.45, 2.75) is 57.6 Å². The molecule has 0 spiro atoms. The normalized spacial score (nSPS) is 18.5. The molecule has 0 aliphatic heterocycles. The van der Waals surface area contributed by atoms with E-state index in [2.05, 4.69) is 32.8 Å². The highest BCUT2D eigenvalue weighted by Crippen LogP contribution is 2.24. The van der Waals surface area contributed by atoms with Crippen LogP contribution in [0.15, 0.2) is 30.5 Å². The lowest BCUT2D eigenvalue weighted by atomic mass is 9.93. The molecule has 8 nitrogen and oxygen atoms in total. The number of anilines is 3. The Balaban J connectivity index is 1.76. The zero-order chi connectivity index (χ0) is 21.3. The van der Waals surface area contributed by atoms with Crippen LogP contribution in [-0.2, 0) is 0 Å². The number of nitrogens with one attached hydrogen (secondary N) is 3. The second kappa shape index (κ2) is 10.8. The molecular weight excluding hydrogens is 382 g/mol. The van der Waals surface area contributed by atoms with Gasteiger partial charge in [-0.15, -0.1) is 0 Å². The Morgan fingerprint density at radius 3 is 2.60 bits per heavy atom. The molecule has 1 aliphatic rings. The molecule has 8 heteroatoms. The van der Waals surface area contributed by atoms with Gasteiger partial charge < -0.3 is 25.8 Å². The molecule has 1 heterocycles. The van der Waals surface area contributed by atoms with Gasteiger partial charge in [0.25, 0.3) is 5.91 Å². The Morgan fingerprint density at radius 2 is 1.93 bits per heavy atom. The molecule has 162 valence electrons. The summed E-state index contributed by atoms with van der Waals surface area (Å²) in [5.41, 5.74) is 1.05. The lowest BCUT2D eigenvalue weighted by Crippen LogP contribution is -2.30. The van der Waals surface area contributed by atoms with Crippen LogP contribution >= 0.6 is 0 Å². The van der Waals surface area contributed by atoms with Crippen LogP contribution in [0.25, 0.3) is 0 Å². The van der Waals surface area contributed by atoms with E-state index in [0.717, 1.165) is 50.8 Å². The summed E-state index contributed by atoms with van der Waals surface area (Å²) in [6.07, 6.45) is 6.58. The Bertz CT molecular complexity index is 820. The first kappa shape index (κ1) is 21.8. The molecule has 0 radical (unpaired) electrons. The number of aliphatic hydroxyl groups is 1. The Morgan fingerprint density at radius 1 is 1.20 bits per heavy atom. The fourth-order valence-corrected chi connectivity index (χ4v) is 3.41. The molecule has 1 aromatic heterocycles. The number of unbranched alkanes of at least 4 members (excludes halogenated alkanes) is 1. The number of aliphatic hydroxyl groups excluding tert-OH is 1. The van der Waals surface area contributed by atoms with Gasteiger partial charge >= 0.3 is 0 Å². The third-order valence-electron chi connectivity index (χ3n) is 5.23. The highest BCUT2D eigenvalue weighted by atomic mass is 16.5. The van der Waals surface area contributed by atoms with Crippen LogP contribution in [0.2, 0.25) is 0 Å². The number of ether oxygens (including phenoxy) is 1. The van der Waals surface area contributed by atoms with Crippen molar-refractivity contribution in [3.8, 4) is 5.75 Å². The van der Waals surface area contributed by atoms with E-state index < -0.39 is 0 Å². The predicted octanol–water partition coefficient (Wildman–Crippen LogP) is 3.66. The van der Waals surface area contributed by atoms with Gasteiger partial charge in [0.15, 0.2) is 0 Å². The lowest BCUT2D eigenvalue weighted by Gasteiger charge is -2.27. The van der Waals surface area contributed by atoms with E-state index in [0.29, 0.717) is 23.0 Å². The maximum Gasteiger partial charge on any atom is 0.260 e. The van der Waals surface area contributed by atoms with Crippen molar-refractivity contribution in [1.29, 1.82) is 0 Å². The van der Waals surface area contributed by atoms with Gasteiger partial charge in [0, 0.05) is 24.5 Å². The molecule has 1 amide bonds. The van der Waals surface area contributed by atoms with Crippen molar-refractivity contribution in [2.75, 3.05) is 29.6 Å². The summed E-state index contributed by atoms with van der Waals surface area (Å²) in [7, 11) is 1.60. The molecule has 4 N–H and O–H groups in total. The van der Waals surface area contributed by atoms with Crippen LogP contribution in [-0.4, -0.2) is 46.8 Å².